The van der Waals surface area contributed by atoms with Gasteiger partial charge in [0.05, 0.1) is 25.4 Å². The number of hydrogen-bond donors (Lipinski definition) is 1. The molecule has 0 radical (unpaired) electrons. The molecule has 0 aliphatic rings. The topological polar surface area (TPSA) is 113 Å². The first-order valence-corrected chi connectivity index (χ1v) is 7.96. The van der Waals surface area contributed by atoms with Crippen molar-refractivity contribution < 1.29 is 22.7 Å². The van der Waals surface area contributed by atoms with Gasteiger partial charge in [-0.3, -0.25) is 9.48 Å². The van der Waals surface area contributed by atoms with Gasteiger partial charge in [-0.1, -0.05) is 0 Å². The van der Waals surface area contributed by atoms with E-state index in [4.69, 9.17) is 4.74 Å². The first-order valence-electron chi connectivity index (χ1n) is 7.96. The SMILES string of the molecule is COc1ccc(-n2ncc(C(=O)NC(C)Cn3cncn3)c2C(F)(F)F)nn1. The van der Waals surface area contributed by atoms with Crippen molar-refractivity contribution in [3.05, 3.63) is 42.2 Å². The van der Waals surface area contributed by atoms with E-state index in [1.165, 1.54) is 36.6 Å². The molecule has 10 nitrogen and oxygen atoms in total. The van der Waals surface area contributed by atoms with Crippen molar-refractivity contribution in [3.63, 3.8) is 0 Å². The van der Waals surface area contributed by atoms with E-state index < -0.39 is 29.4 Å². The third-order valence-corrected chi connectivity index (χ3v) is 3.64. The fourth-order valence-corrected chi connectivity index (χ4v) is 2.45. The van der Waals surface area contributed by atoms with Gasteiger partial charge in [0.1, 0.15) is 12.7 Å². The fraction of sp³-hybridized carbons (Fsp3) is 0.333. The summed E-state index contributed by atoms with van der Waals surface area (Å²) >= 11 is 0. The maximum absolute atomic E-state index is 13.6. The Kier molecular flexibility index (Phi) is 5.24. The minimum absolute atomic E-state index is 0.129. The van der Waals surface area contributed by atoms with E-state index in [0.29, 0.717) is 4.68 Å². The number of rotatable bonds is 6. The molecule has 3 aromatic rings. The number of methoxy groups -OCH3 is 1. The average molecular weight is 396 g/mol. The van der Waals surface area contributed by atoms with Crippen molar-refractivity contribution in [3.8, 4) is 11.7 Å². The zero-order chi connectivity index (χ0) is 20.3. The van der Waals surface area contributed by atoms with Crippen LogP contribution in [0.2, 0.25) is 0 Å². The molecule has 0 aliphatic heterocycles. The molecule has 3 heterocycles. The minimum Gasteiger partial charge on any atom is -0.480 e. The Morgan fingerprint density at radius 2 is 2.07 bits per heavy atom. The van der Waals surface area contributed by atoms with Crippen molar-refractivity contribution >= 4 is 5.91 Å². The zero-order valence-electron chi connectivity index (χ0n) is 14.8. The van der Waals surface area contributed by atoms with Crippen LogP contribution >= 0.6 is 0 Å². The summed E-state index contributed by atoms with van der Waals surface area (Å²) in [6, 6.07) is 2.09. The standard InChI is InChI=1S/C15H15F3N8O2/c1-9(6-25-8-19-7-21-25)22-14(27)10-5-20-26(13(10)15(16,17)18)11-3-4-12(28-2)24-23-11/h3-5,7-9H,6H2,1-2H3,(H,22,27). The lowest BCUT2D eigenvalue weighted by atomic mass is 10.2. The second kappa shape index (κ2) is 7.62. The van der Waals surface area contributed by atoms with Gasteiger partial charge >= 0.3 is 6.18 Å². The van der Waals surface area contributed by atoms with Gasteiger partial charge in [0.2, 0.25) is 5.88 Å². The predicted octanol–water partition coefficient (Wildman–Crippen LogP) is 1.10. The number of amides is 1. The molecule has 0 saturated heterocycles. The summed E-state index contributed by atoms with van der Waals surface area (Å²) in [4.78, 5) is 16.2. The van der Waals surface area contributed by atoms with Crippen LogP contribution in [-0.2, 0) is 12.7 Å². The van der Waals surface area contributed by atoms with E-state index in [0.717, 1.165) is 6.20 Å². The molecule has 1 amide bonds. The summed E-state index contributed by atoms with van der Waals surface area (Å²) in [5, 5.41) is 17.3. The van der Waals surface area contributed by atoms with Crippen molar-refractivity contribution in [2.45, 2.75) is 25.7 Å². The summed E-state index contributed by atoms with van der Waals surface area (Å²) < 4.78 is 47.7. The van der Waals surface area contributed by atoms with E-state index in [-0.39, 0.29) is 18.2 Å². The van der Waals surface area contributed by atoms with E-state index >= 15 is 0 Å². The normalized spacial score (nSPS) is 12.6. The number of nitrogens with one attached hydrogen (secondary N) is 1. The van der Waals surface area contributed by atoms with Crippen LogP contribution in [-0.4, -0.2) is 53.8 Å². The molecule has 3 rings (SSSR count). The van der Waals surface area contributed by atoms with E-state index in [2.05, 4.69) is 30.7 Å². The van der Waals surface area contributed by atoms with Crippen molar-refractivity contribution in [1.82, 2.24) is 40.1 Å². The molecule has 0 aliphatic carbocycles. The monoisotopic (exact) mass is 396 g/mol. The summed E-state index contributed by atoms with van der Waals surface area (Å²) in [7, 11) is 1.35. The van der Waals surface area contributed by atoms with Crippen LogP contribution in [0.3, 0.4) is 0 Å². The Balaban J connectivity index is 1.88. The molecule has 0 saturated carbocycles. The molecule has 0 fully saturated rings. The lowest BCUT2D eigenvalue weighted by Gasteiger charge is -2.15. The van der Waals surface area contributed by atoms with Gasteiger partial charge in [0.25, 0.3) is 5.91 Å². The Hall–Kier alpha value is -3.51. The molecule has 3 aromatic heterocycles. The van der Waals surface area contributed by atoms with Crippen LogP contribution in [0, 0.1) is 0 Å². The summed E-state index contributed by atoms with van der Waals surface area (Å²) in [5.74, 6) is -1.00. The van der Waals surface area contributed by atoms with Gasteiger partial charge in [0, 0.05) is 12.1 Å². The molecular weight excluding hydrogens is 381 g/mol. The number of carbonyl (C=O) groups excluding carboxylic acids is 1. The number of halogens is 3. The van der Waals surface area contributed by atoms with Crippen LogP contribution in [0.15, 0.2) is 31.0 Å². The number of nitrogens with zero attached hydrogens (tertiary/aromatic N) is 7. The molecule has 1 N–H and O–H groups in total. The molecular formula is C15H15F3N8O2. The van der Waals surface area contributed by atoms with E-state index in [9.17, 15) is 18.0 Å². The van der Waals surface area contributed by atoms with E-state index in [1.807, 2.05) is 0 Å². The molecule has 148 valence electrons. The van der Waals surface area contributed by atoms with E-state index in [1.54, 1.807) is 6.92 Å². The van der Waals surface area contributed by atoms with Gasteiger partial charge in [-0.25, -0.2) is 9.67 Å². The Labute approximate surface area is 156 Å². The second-order valence-electron chi connectivity index (χ2n) is 5.74. The molecule has 28 heavy (non-hydrogen) atoms. The number of aromatic nitrogens is 7. The lowest BCUT2D eigenvalue weighted by molar-refractivity contribution is -0.143. The van der Waals surface area contributed by atoms with Crippen molar-refractivity contribution in [1.29, 1.82) is 0 Å². The van der Waals surface area contributed by atoms with Gasteiger partial charge in [-0.15, -0.1) is 10.2 Å². The third kappa shape index (κ3) is 4.07. The molecule has 0 spiro atoms. The minimum atomic E-state index is -4.85. The first kappa shape index (κ1) is 19.3. The highest BCUT2D eigenvalue weighted by atomic mass is 19.4. The highest BCUT2D eigenvalue weighted by Gasteiger charge is 2.41. The Morgan fingerprint density at radius 1 is 1.29 bits per heavy atom. The largest absolute Gasteiger partial charge is 0.480 e. The molecule has 0 bridgehead atoms. The highest BCUT2D eigenvalue weighted by molar-refractivity contribution is 5.95. The number of carbonyl (C=O) groups is 1. The maximum Gasteiger partial charge on any atom is 0.434 e. The van der Waals surface area contributed by atoms with Crippen LogP contribution in [0.1, 0.15) is 23.0 Å². The summed E-state index contributed by atoms with van der Waals surface area (Å²) in [6.07, 6.45) is -1.26. The van der Waals surface area contributed by atoms with Crippen LogP contribution < -0.4 is 10.1 Å². The Morgan fingerprint density at radius 3 is 2.64 bits per heavy atom. The number of hydrogen-bond acceptors (Lipinski definition) is 7. The van der Waals surface area contributed by atoms with Crippen molar-refractivity contribution in [2.75, 3.05) is 7.11 Å². The number of ether oxygens (including phenoxy) is 1. The van der Waals surface area contributed by atoms with Crippen molar-refractivity contribution in [2.24, 2.45) is 0 Å². The first-order chi connectivity index (χ1) is 13.3. The third-order valence-electron chi connectivity index (χ3n) is 3.64. The maximum atomic E-state index is 13.6. The quantitative estimate of drug-likeness (QED) is 0.664. The average Bonchev–Trinajstić information content (AvgIpc) is 3.30. The van der Waals surface area contributed by atoms with Crippen LogP contribution in [0.25, 0.3) is 5.82 Å². The summed E-state index contributed by atoms with van der Waals surface area (Å²) in [5.41, 5.74) is -1.88. The number of alkyl halides is 3. The molecule has 1 atom stereocenters. The highest BCUT2D eigenvalue weighted by Crippen LogP contribution is 2.33. The zero-order valence-corrected chi connectivity index (χ0v) is 14.8. The molecule has 0 aromatic carbocycles. The van der Waals surface area contributed by atoms with Crippen LogP contribution in [0.5, 0.6) is 5.88 Å². The van der Waals surface area contributed by atoms with Crippen LogP contribution in [0.4, 0.5) is 13.2 Å². The molecule has 1 unspecified atom stereocenters. The fourth-order valence-electron chi connectivity index (χ4n) is 2.45. The lowest BCUT2D eigenvalue weighted by Crippen LogP contribution is -2.36. The molecule has 13 heteroatoms. The van der Waals surface area contributed by atoms with Gasteiger partial charge in [-0.05, 0) is 13.0 Å². The Bertz CT molecular complexity index is 937. The smallest absolute Gasteiger partial charge is 0.434 e. The van der Waals surface area contributed by atoms with Gasteiger partial charge < -0.3 is 10.1 Å². The summed E-state index contributed by atoms with van der Waals surface area (Å²) in [6.45, 7) is 1.87. The van der Waals surface area contributed by atoms with Gasteiger partial charge in [0.15, 0.2) is 11.5 Å². The van der Waals surface area contributed by atoms with Gasteiger partial charge in [-0.2, -0.15) is 23.4 Å². The second-order valence-corrected chi connectivity index (χ2v) is 5.74. The predicted molar refractivity (Wildman–Crippen MR) is 87.7 cm³/mol.